The monoisotopic (exact) mass is 379 g/mol. The highest BCUT2D eigenvalue weighted by Crippen LogP contribution is 2.33. The van der Waals surface area contributed by atoms with Crippen LogP contribution in [0.15, 0.2) is 61.2 Å². The molecule has 2 heterocycles. The molecule has 136 valence electrons. The van der Waals surface area contributed by atoms with Gasteiger partial charge in [-0.3, -0.25) is 0 Å². The fraction of sp³-hybridized carbons (Fsp3) is 0.150. The van der Waals surface area contributed by atoms with E-state index in [1.54, 1.807) is 13.3 Å². The Balaban J connectivity index is 1.85. The summed E-state index contributed by atoms with van der Waals surface area (Å²) in [5.74, 6) is 2.33. The molecular weight excluding hydrogens is 362 g/mol. The molecule has 1 atom stereocenters. The first-order chi connectivity index (χ1) is 13.2. The lowest BCUT2D eigenvalue weighted by Gasteiger charge is -2.22. The van der Waals surface area contributed by atoms with Crippen LogP contribution in [0.2, 0.25) is 5.02 Å². The van der Waals surface area contributed by atoms with Crippen molar-refractivity contribution in [1.82, 2.24) is 19.5 Å². The molecule has 6 nitrogen and oxygen atoms in total. The van der Waals surface area contributed by atoms with Crippen LogP contribution in [-0.4, -0.2) is 26.6 Å². The van der Waals surface area contributed by atoms with Gasteiger partial charge in [0.25, 0.3) is 0 Å². The van der Waals surface area contributed by atoms with E-state index in [4.69, 9.17) is 16.3 Å². The van der Waals surface area contributed by atoms with E-state index < -0.39 is 0 Å². The molecule has 2 aromatic heterocycles. The van der Waals surface area contributed by atoms with Crippen molar-refractivity contribution >= 4 is 28.3 Å². The van der Waals surface area contributed by atoms with Gasteiger partial charge in [0.15, 0.2) is 0 Å². The molecule has 0 aliphatic carbocycles. The number of nitrogens with zero attached hydrogens (tertiary/aromatic N) is 4. The second-order valence-corrected chi connectivity index (χ2v) is 6.54. The number of benzene rings is 2. The highest BCUT2D eigenvalue weighted by molar-refractivity contribution is 6.31. The average molecular weight is 380 g/mol. The zero-order valence-corrected chi connectivity index (χ0v) is 15.7. The second-order valence-electron chi connectivity index (χ2n) is 6.10. The highest BCUT2D eigenvalue weighted by atomic mass is 35.5. The van der Waals surface area contributed by atoms with Gasteiger partial charge in [-0.2, -0.15) is 0 Å². The number of methoxy groups -OCH3 is 1. The fourth-order valence-electron chi connectivity index (χ4n) is 3.12. The number of anilines is 1. The van der Waals surface area contributed by atoms with E-state index >= 15 is 0 Å². The van der Waals surface area contributed by atoms with E-state index in [0.717, 1.165) is 28.0 Å². The number of fused-ring (bicyclic) bond motifs is 1. The number of nitrogens with one attached hydrogen (secondary N) is 1. The summed E-state index contributed by atoms with van der Waals surface area (Å²) in [6, 6.07) is 13.2. The van der Waals surface area contributed by atoms with Gasteiger partial charge in [0, 0.05) is 35.4 Å². The predicted molar refractivity (Wildman–Crippen MR) is 106 cm³/mol. The van der Waals surface area contributed by atoms with E-state index in [2.05, 4.69) is 20.3 Å². The molecule has 0 spiro atoms. The van der Waals surface area contributed by atoms with E-state index in [1.165, 1.54) is 6.33 Å². The van der Waals surface area contributed by atoms with Gasteiger partial charge in [-0.25, -0.2) is 15.0 Å². The Bertz CT molecular complexity index is 1090. The lowest BCUT2D eigenvalue weighted by Crippen LogP contribution is -2.18. The maximum Gasteiger partial charge on any atom is 0.138 e. The number of para-hydroxylation sites is 1. The summed E-state index contributed by atoms with van der Waals surface area (Å²) in [5.41, 5.74) is 1.74. The van der Waals surface area contributed by atoms with Gasteiger partial charge >= 0.3 is 0 Å². The predicted octanol–water partition coefficient (Wildman–Crippen LogP) is 4.23. The van der Waals surface area contributed by atoms with Crippen LogP contribution >= 0.6 is 11.6 Å². The van der Waals surface area contributed by atoms with Crippen LogP contribution in [0.25, 0.3) is 10.9 Å². The van der Waals surface area contributed by atoms with Gasteiger partial charge in [0.1, 0.15) is 29.8 Å². The molecule has 0 fully saturated rings. The van der Waals surface area contributed by atoms with Crippen LogP contribution in [-0.2, 0) is 7.05 Å². The minimum atomic E-state index is -0.255. The quantitative estimate of drug-likeness (QED) is 0.562. The van der Waals surface area contributed by atoms with Crippen LogP contribution in [0.3, 0.4) is 0 Å². The zero-order chi connectivity index (χ0) is 18.8. The molecular formula is C20H18ClN5O. The van der Waals surface area contributed by atoms with Crippen molar-refractivity contribution in [3.63, 3.8) is 0 Å². The van der Waals surface area contributed by atoms with Gasteiger partial charge in [-0.05, 0) is 24.3 Å². The molecule has 0 aliphatic rings. The maximum absolute atomic E-state index is 6.10. The van der Waals surface area contributed by atoms with Crippen LogP contribution < -0.4 is 10.1 Å². The van der Waals surface area contributed by atoms with Crippen molar-refractivity contribution in [3.05, 3.63) is 77.6 Å². The number of rotatable bonds is 5. The summed E-state index contributed by atoms with van der Waals surface area (Å²) < 4.78 is 7.55. The van der Waals surface area contributed by atoms with E-state index in [9.17, 15) is 0 Å². The zero-order valence-electron chi connectivity index (χ0n) is 14.9. The molecule has 4 aromatic rings. The first-order valence-corrected chi connectivity index (χ1v) is 8.82. The summed E-state index contributed by atoms with van der Waals surface area (Å²) in [7, 11) is 3.63. The molecule has 1 unspecified atom stereocenters. The van der Waals surface area contributed by atoms with Crippen LogP contribution in [0.1, 0.15) is 17.4 Å². The number of aryl methyl sites for hydroxylation is 1. The lowest BCUT2D eigenvalue weighted by atomic mass is 10.0. The van der Waals surface area contributed by atoms with Gasteiger partial charge in [-0.1, -0.05) is 29.8 Å². The largest absolute Gasteiger partial charge is 0.496 e. The van der Waals surface area contributed by atoms with Gasteiger partial charge in [-0.15, -0.1) is 0 Å². The SMILES string of the molecule is COc1ccccc1C(Nc1ncnc2cc(Cl)ccc12)c1nccn1C. The van der Waals surface area contributed by atoms with Crippen LogP contribution in [0.5, 0.6) is 5.75 Å². The first kappa shape index (κ1) is 17.3. The Morgan fingerprint density at radius 3 is 2.74 bits per heavy atom. The third kappa shape index (κ3) is 3.31. The second kappa shape index (κ2) is 7.25. The standard InChI is InChI=1S/C20H18ClN5O/c1-26-10-9-22-20(26)18(15-5-3-4-6-17(15)27-2)25-19-14-8-7-13(21)11-16(14)23-12-24-19/h3-12,18H,1-2H3,(H,23,24,25). The summed E-state index contributed by atoms with van der Waals surface area (Å²) in [5, 5.41) is 5.04. The summed E-state index contributed by atoms with van der Waals surface area (Å²) in [4.78, 5) is 13.3. The maximum atomic E-state index is 6.10. The van der Waals surface area contributed by atoms with Crippen molar-refractivity contribution in [2.75, 3.05) is 12.4 Å². The smallest absolute Gasteiger partial charge is 0.138 e. The number of imidazole rings is 1. The molecule has 4 rings (SSSR count). The third-order valence-corrected chi connectivity index (χ3v) is 4.68. The number of aromatic nitrogens is 4. The Hall–Kier alpha value is -3.12. The number of hydrogen-bond donors (Lipinski definition) is 1. The average Bonchev–Trinajstić information content (AvgIpc) is 3.11. The lowest BCUT2D eigenvalue weighted by molar-refractivity contribution is 0.408. The van der Waals surface area contributed by atoms with E-state index in [1.807, 2.05) is 60.3 Å². The molecule has 0 aliphatic heterocycles. The van der Waals surface area contributed by atoms with Crippen molar-refractivity contribution in [2.45, 2.75) is 6.04 Å². The number of halogens is 1. The highest BCUT2D eigenvalue weighted by Gasteiger charge is 2.23. The Morgan fingerprint density at radius 2 is 1.96 bits per heavy atom. The summed E-state index contributed by atoms with van der Waals surface area (Å²) in [6.45, 7) is 0. The van der Waals surface area contributed by atoms with Gasteiger partial charge < -0.3 is 14.6 Å². The molecule has 0 radical (unpaired) electrons. The molecule has 0 amide bonds. The fourth-order valence-corrected chi connectivity index (χ4v) is 3.29. The van der Waals surface area contributed by atoms with Gasteiger partial charge in [0.05, 0.1) is 12.6 Å². The van der Waals surface area contributed by atoms with Crippen LogP contribution in [0, 0.1) is 0 Å². The molecule has 7 heteroatoms. The van der Waals surface area contributed by atoms with Crippen LogP contribution in [0.4, 0.5) is 5.82 Å². The molecule has 0 saturated carbocycles. The molecule has 27 heavy (non-hydrogen) atoms. The van der Waals surface area contributed by atoms with E-state index in [-0.39, 0.29) is 6.04 Å². The summed E-state index contributed by atoms with van der Waals surface area (Å²) >= 11 is 6.10. The minimum Gasteiger partial charge on any atom is -0.496 e. The Kier molecular flexibility index (Phi) is 4.64. The van der Waals surface area contributed by atoms with Crippen molar-refractivity contribution < 1.29 is 4.74 Å². The van der Waals surface area contributed by atoms with Crippen molar-refractivity contribution in [3.8, 4) is 5.75 Å². The normalized spacial score (nSPS) is 12.1. The molecule has 2 aromatic carbocycles. The van der Waals surface area contributed by atoms with Gasteiger partial charge in [0.2, 0.25) is 0 Å². The van der Waals surface area contributed by atoms with Crippen molar-refractivity contribution in [2.24, 2.45) is 7.05 Å². The Morgan fingerprint density at radius 1 is 1.11 bits per heavy atom. The molecule has 0 saturated heterocycles. The molecule has 1 N–H and O–H groups in total. The minimum absolute atomic E-state index is 0.255. The molecule has 0 bridgehead atoms. The Labute approximate surface area is 161 Å². The van der Waals surface area contributed by atoms with E-state index in [0.29, 0.717) is 10.8 Å². The number of ether oxygens (including phenoxy) is 1. The topological polar surface area (TPSA) is 64.9 Å². The summed E-state index contributed by atoms with van der Waals surface area (Å²) in [6.07, 6.45) is 5.22. The number of hydrogen-bond acceptors (Lipinski definition) is 5. The third-order valence-electron chi connectivity index (χ3n) is 4.45. The first-order valence-electron chi connectivity index (χ1n) is 8.44. The van der Waals surface area contributed by atoms with Crippen molar-refractivity contribution in [1.29, 1.82) is 0 Å².